The summed E-state index contributed by atoms with van der Waals surface area (Å²) in [4.78, 5) is 27.3. The third-order valence-corrected chi connectivity index (χ3v) is 5.19. The minimum Gasteiger partial charge on any atom is -0.497 e. The van der Waals surface area contributed by atoms with E-state index in [9.17, 15) is 9.59 Å². The largest absolute Gasteiger partial charge is 0.497 e. The summed E-state index contributed by atoms with van der Waals surface area (Å²) in [5.41, 5.74) is 2.19. The van der Waals surface area contributed by atoms with E-state index in [1.807, 2.05) is 42.7 Å². The molecule has 6 nitrogen and oxygen atoms in total. The van der Waals surface area contributed by atoms with Crippen LogP contribution >= 0.6 is 11.8 Å². The molecule has 1 N–H and O–H groups in total. The Morgan fingerprint density at radius 3 is 2.75 bits per heavy atom. The summed E-state index contributed by atoms with van der Waals surface area (Å²) >= 11 is 1.55. The van der Waals surface area contributed by atoms with Crippen LogP contribution < -0.4 is 10.1 Å². The number of nitrogens with one attached hydrogen (secondary N) is 1. The third-order valence-electron chi connectivity index (χ3n) is 4.39. The van der Waals surface area contributed by atoms with E-state index in [2.05, 4.69) is 5.32 Å². The minimum absolute atomic E-state index is 0.0227. The summed E-state index contributed by atoms with van der Waals surface area (Å²) in [6.45, 7) is -0.0227. The highest BCUT2D eigenvalue weighted by atomic mass is 32.2. The molecule has 0 unspecified atom stereocenters. The molecule has 0 bridgehead atoms. The fourth-order valence-electron chi connectivity index (χ4n) is 2.87. The van der Waals surface area contributed by atoms with Crippen molar-refractivity contribution >= 4 is 40.2 Å². The highest BCUT2D eigenvalue weighted by Crippen LogP contribution is 2.26. The molecule has 0 aliphatic carbocycles. The molecule has 2 amide bonds. The monoisotopic (exact) mass is 398 g/mol. The van der Waals surface area contributed by atoms with Gasteiger partial charge in [0.25, 0.3) is 0 Å². The van der Waals surface area contributed by atoms with Crippen molar-refractivity contribution in [1.82, 2.24) is 4.90 Å². The summed E-state index contributed by atoms with van der Waals surface area (Å²) in [6.07, 6.45) is 3.68. The normalized spacial score (nSPS) is 10.7. The summed E-state index contributed by atoms with van der Waals surface area (Å²) in [5.74, 6) is 0.296. The number of nitrogens with zero attached hydrogens (tertiary/aromatic N) is 1. The number of thioether (sulfide) groups is 1. The quantitative estimate of drug-likeness (QED) is 0.613. The molecule has 1 heterocycles. The van der Waals surface area contributed by atoms with E-state index >= 15 is 0 Å². The van der Waals surface area contributed by atoms with Crippen LogP contribution in [0.3, 0.4) is 0 Å². The lowest BCUT2D eigenvalue weighted by molar-refractivity contribution is -0.132. The molecule has 0 radical (unpaired) electrons. The zero-order valence-corrected chi connectivity index (χ0v) is 16.8. The molecule has 0 saturated heterocycles. The number of hydrogen-bond acceptors (Lipinski definition) is 5. The number of carbonyl (C=O) groups excluding carboxylic acids is 2. The Kier molecular flexibility index (Phi) is 6.26. The predicted molar refractivity (Wildman–Crippen MR) is 111 cm³/mol. The van der Waals surface area contributed by atoms with Gasteiger partial charge in [-0.1, -0.05) is 12.1 Å². The maximum Gasteiger partial charge on any atom is 0.244 e. The van der Waals surface area contributed by atoms with Crippen molar-refractivity contribution in [3.63, 3.8) is 0 Å². The van der Waals surface area contributed by atoms with Crippen LogP contribution in [0.4, 0.5) is 5.69 Å². The van der Waals surface area contributed by atoms with E-state index in [1.165, 1.54) is 4.90 Å². The van der Waals surface area contributed by atoms with Crippen LogP contribution in [0.15, 0.2) is 58.0 Å². The molecular weight excluding hydrogens is 376 g/mol. The number of likely N-dealkylation sites (N-methyl/N-ethyl adjacent to an activating group) is 1. The fraction of sp³-hybridized carbons (Fsp3) is 0.238. The summed E-state index contributed by atoms with van der Waals surface area (Å²) in [7, 11) is 3.21. The standard InChI is InChI=1S/C21H22N2O4S/c1-23(12-20(24)22-17-6-4-5-7-19(17)28-3)21(25)10-14-13-27-18-11-15(26-2)8-9-16(14)18/h4-9,11,13H,10,12H2,1-3H3,(H,22,24). The first kappa shape index (κ1) is 19.8. The van der Waals surface area contributed by atoms with E-state index in [0.29, 0.717) is 11.3 Å². The smallest absolute Gasteiger partial charge is 0.244 e. The number of rotatable bonds is 7. The second-order valence-corrected chi connectivity index (χ2v) is 7.15. The molecule has 0 aliphatic rings. The van der Waals surface area contributed by atoms with Gasteiger partial charge in [-0.15, -0.1) is 11.8 Å². The molecule has 1 aromatic heterocycles. The molecule has 3 rings (SSSR count). The van der Waals surface area contributed by atoms with Crippen LogP contribution in [0.5, 0.6) is 5.75 Å². The van der Waals surface area contributed by atoms with Gasteiger partial charge in [-0.3, -0.25) is 9.59 Å². The van der Waals surface area contributed by atoms with Gasteiger partial charge < -0.3 is 19.4 Å². The Hall–Kier alpha value is -2.93. The summed E-state index contributed by atoms with van der Waals surface area (Å²) in [6, 6.07) is 13.0. The van der Waals surface area contributed by atoms with Crippen LogP contribution in [-0.2, 0) is 16.0 Å². The Labute approximate surface area is 167 Å². The van der Waals surface area contributed by atoms with Crippen molar-refractivity contribution < 1.29 is 18.7 Å². The van der Waals surface area contributed by atoms with E-state index < -0.39 is 0 Å². The van der Waals surface area contributed by atoms with Crippen LogP contribution in [0.1, 0.15) is 5.56 Å². The highest BCUT2D eigenvalue weighted by molar-refractivity contribution is 7.98. The van der Waals surface area contributed by atoms with Gasteiger partial charge in [0, 0.05) is 29.0 Å². The molecule has 0 spiro atoms. The number of anilines is 1. The predicted octanol–water partition coefficient (Wildman–Crippen LogP) is 3.80. The van der Waals surface area contributed by atoms with Gasteiger partial charge in [0.15, 0.2) is 0 Å². The fourth-order valence-corrected chi connectivity index (χ4v) is 3.42. The van der Waals surface area contributed by atoms with Crippen molar-refractivity contribution in [3.8, 4) is 5.75 Å². The van der Waals surface area contributed by atoms with Gasteiger partial charge in [0.05, 0.1) is 32.0 Å². The van der Waals surface area contributed by atoms with Crippen LogP contribution in [0.2, 0.25) is 0 Å². The van der Waals surface area contributed by atoms with Crippen molar-refractivity contribution in [1.29, 1.82) is 0 Å². The lowest BCUT2D eigenvalue weighted by Gasteiger charge is -2.17. The maximum absolute atomic E-state index is 12.6. The minimum atomic E-state index is -0.237. The Morgan fingerprint density at radius 1 is 1.21 bits per heavy atom. The first-order valence-electron chi connectivity index (χ1n) is 8.72. The second kappa shape index (κ2) is 8.84. The van der Waals surface area contributed by atoms with E-state index in [4.69, 9.17) is 9.15 Å². The molecule has 0 fully saturated rings. The first-order chi connectivity index (χ1) is 13.5. The van der Waals surface area contributed by atoms with Crippen molar-refractivity contribution in [2.45, 2.75) is 11.3 Å². The number of amides is 2. The lowest BCUT2D eigenvalue weighted by atomic mass is 10.1. The zero-order valence-electron chi connectivity index (χ0n) is 16.0. The number of hydrogen-bond donors (Lipinski definition) is 1. The second-order valence-electron chi connectivity index (χ2n) is 6.30. The van der Waals surface area contributed by atoms with Crippen LogP contribution in [0.25, 0.3) is 11.0 Å². The SMILES string of the molecule is COc1ccc2c(CC(=O)N(C)CC(=O)Nc3ccccc3SC)coc2c1. The summed E-state index contributed by atoms with van der Waals surface area (Å²) in [5, 5.41) is 3.72. The molecule has 0 atom stereocenters. The molecular formula is C21H22N2O4S. The van der Waals surface area contributed by atoms with E-state index in [0.717, 1.165) is 21.5 Å². The van der Waals surface area contributed by atoms with Crippen molar-refractivity contribution in [2.24, 2.45) is 0 Å². The first-order valence-corrected chi connectivity index (χ1v) is 9.95. The Balaban J connectivity index is 1.62. The highest BCUT2D eigenvalue weighted by Gasteiger charge is 2.17. The van der Waals surface area contributed by atoms with E-state index in [-0.39, 0.29) is 24.8 Å². The average Bonchev–Trinajstić information content (AvgIpc) is 3.10. The Morgan fingerprint density at radius 2 is 2.00 bits per heavy atom. The van der Waals surface area contributed by atoms with Crippen molar-refractivity contribution in [2.75, 3.05) is 32.3 Å². The lowest BCUT2D eigenvalue weighted by Crippen LogP contribution is -2.35. The molecule has 28 heavy (non-hydrogen) atoms. The number of fused-ring (bicyclic) bond motifs is 1. The number of carbonyl (C=O) groups is 2. The third kappa shape index (κ3) is 4.48. The number of benzene rings is 2. The number of furan rings is 1. The number of para-hydroxylation sites is 1. The zero-order chi connectivity index (χ0) is 20.1. The Bertz CT molecular complexity index is 999. The van der Waals surface area contributed by atoms with Gasteiger partial charge in [-0.2, -0.15) is 0 Å². The van der Waals surface area contributed by atoms with Crippen LogP contribution in [-0.4, -0.2) is 43.7 Å². The van der Waals surface area contributed by atoms with Gasteiger partial charge in [0.1, 0.15) is 11.3 Å². The van der Waals surface area contributed by atoms with Crippen molar-refractivity contribution in [3.05, 3.63) is 54.3 Å². The topological polar surface area (TPSA) is 71.8 Å². The molecule has 7 heteroatoms. The van der Waals surface area contributed by atoms with Gasteiger partial charge in [-0.25, -0.2) is 0 Å². The molecule has 0 aliphatic heterocycles. The van der Waals surface area contributed by atoms with Crippen LogP contribution in [0, 0.1) is 0 Å². The summed E-state index contributed by atoms with van der Waals surface area (Å²) < 4.78 is 10.7. The molecule has 0 saturated carbocycles. The van der Waals surface area contributed by atoms with Gasteiger partial charge in [-0.05, 0) is 30.5 Å². The number of ether oxygens (including phenoxy) is 1. The average molecular weight is 398 g/mol. The maximum atomic E-state index is 12.6. The molecule has 146 valence electrons. The van der Waals surface area contributed by atoms with Gasteiger partial charge >= 0.3 is 0 Å². The molecule has 3 aromatic rings. The number of methoxy groups -OCH3 is 1. The van der Waals surface area contributed by atoms with E-state index in [1.54, 1.807) is 38.2 Å². The van der Waals surface area contributed by atoms with Gasteiger partial charge in [0.2, 0.25) is 11.8 Å². The molecule has 2 aromatic carbocycles.